The molecule has 0 heterocycles. The van der Waals surface area contributed by atoms with Gasteiger partial charge in [0.25, 0.3) is 0 Å². The van der Waals surface area contributed by atoms with E-state index in [0.29, 0.717) is 0 Å². The van der Waals surface area contributed by atoms with Crippen molar-refractivity contribution in [1.29, 1.82) is 0 Å². The second kappa shape index (κ2) is 5.36. The first-order valence-electron chi connectivity index (χ1n) is 4.07. The minimum absolute atomic E-state index is 0. The van der Waals surface area contributed by atoms with E-state index in [2.05, 4.69) is 0 Å². The number of hydrogen-bond donors (Lipinski definition) is 0. The first-order valence-corrected chi connectivity index (χ1v) is 5.48. The van der Waals surface area contributed by atoms with Crippen molar-refractivity contribution in [1.82, 2.24) is 0 Å². The Kier molecular flexibility index (Phi) is 5.16. The Labute approximate surface area is 115 Å². The summed E-state index contributed by atoms with van der Waals surface area (Å²) < 4.78 is 105. The molecule has 0 saturated heterocycles. The van der Waals surface area contributed by atoms with E-state index in [4.69, 9.17) is 0 Å². The molecule has 0 saturated carbocycles. The fourth-order valence-electron chi connectivity index (χ4n) is 1.07. The molecular weight excluding hydrogens is 297 g/mol. The standard InChI is InChI=1S/C8H4F6O3S.Li/c9-7(10,11)4-1-5(8(12,13)14)3-6(2-4)18(15,16)17;/h1-3H,(H,15,16,17);/q;+1/p-1. The van der Waals surface area contributed by atoms with E-state index < -0.39 is 38.5 Å². The second-order valence-electron chi connectivity index (χ2n) is 3.20. The molecule has 0 fully saturated rings. The van der Waals surface area contributed by atoms with E-state index >= 15 is 0 Å². The molecule has 1 aromatic carbocycles. The van der Waals surface area contributed by atoms with Gasteiger partial charge in [0.15, 0.2) is 0 Å². The minimum Gasteiger partial charge on any atom is -0.744 e. The van der Waals surface area contributed by atoms with Crippen LogP contribution in [0.1, 0.15) is 11.1 Å². The molecule has 11 heteroatoms. The molecule has 0 N–H and O–H groups in total. The van der Waals surface area contributed by atoms with Gasteiger partial charge in [0.05, 0.1) is 16.0 Å². The van der Waals surface area contributed by atoms with Crippen molar-refractivity contribution < 1.29 is 58.2 Å². The van der Waals surface area contributed by atoms with Crippen molar-refractivity contribution in [2.45, 2.75) is 17.2 Å². The van der Waals surface area contributed by atoms with E-state index in [9.17, 15) is 39.3 Å². The maximum absolute atomic E-state index is 12.3. The summed E-state index contributed by atoms with van der Waals surface area (Å²) in [6.45, 7) is 0. The van der Waals surface area contributed by atoms with Gasteiger partial charge in [-0.2, -0.15) is 26.3 Å². The van der Waals surface area contributed by atoms with Crippen LogP contribution < -0.4 is 18.9 Å². The van der Waals surface area contributed by atoms with Gasteiger partial charge >= 0.3 is 31.2 Å². The maximum Gasteiger partial charge on any atom is 1.00 e. The summed E-state index contributed by atoms with van der Waals surface area (Å²) in [5.74, 6) is 0. The summed E-state index contributed by atoms with van der Waals surface area (Å²) in [5.41, 5.74) is -3.71. The summed E-state index contributed by atoms with van der Waals surface area (Å²) in [4.78, 5) is -1.58. The molecule has 0 unspecified atom stereocenters. The predicted octanol–water partition coefficient (Wildman–Crippen LogP) is -0.368. The summed E-state index contributed by atoms with van der Waals surface area (Å²) in [5, 5.41) is 0. The maximum atomic E-state index is 12.3. The Morgan fingerprint density at radius 3 is 1.37 bits per heavy atom. The Bertz CT molecular complexity index is 531. The van der Waals surface area contributed by atoms with Gasteiger partial charge in [0.1, 0.15) is 10.1 Å². The molecule has 0 aliphatic carbocycles. The van der Waals surface area contributed by atoms with Gasteiger partial charge in [-0.3, -0.25) is 0 Å². The largest absolute Gasteiger partial charge is 1.00 e. The van der Waals surface area contributed by atoms with Crippen molar-refractivity contribution >= 4 is 10.1 Å². The van der Waals surface area contributed by atoms with Crippen molar-refractivity contribution in [2.75, 3.05) is 0 Å². The zero-order valence-electron chi connectivity index (χ0n) is 9.13. The Morgan fingerprint density at radius 2 is 1.16 bits per heavy atom. The van der Waals surface area contributed by atoms with Gasteiger partial charge in [-0.25, -0.2) is 8.42 Å². The van der Waals surface area contributed by atoms with Crippen LogP contribution in [0, 0.1) is 0 Å². The average Bonchev–Trinajstić information content (AvgIpc) is 2.13. The summed E-state index contributed by atoms with van der Waals surface area (Å²) >= 11 is 0. The molecule has 102 valence electrons. The summed E-state index contributed by atoms with van der Waals surface area (Å²) in [6.07, 6.45) is -10.4. The Hall–Kier alpha value is -0.693. The van der Waals surface area contributed by atoms with Gasteiger partial charge in [-0.1, -0.05) is 0 Å². The number of rotatable bonds is 1. The molecule has 0 amide bonds. The number of halogens is 6. The normalized spacial score (nSPS) is 13.0. The molecular formula is C8H3F6LiO3S. The predicted molar refractivity (Wildman–Crippen MR) is 44.4 cm³/mol. The van der Waals surface area contributed by atoms with Gasteiger partial charge < -0.3 is 4.55 Å². The van der Waals surface area contributed by atoms with Crippen LogP contribution in [0.3, 0.4) is 0 Å². The third-order valence-electron chi connectivity index (χ3n) is 1.85. The van der Waals surface area contributed by atoms with Crippen molar-refractivity contribution in [2.24, 2.45) is 0 Å². The van der Waals surface area contributed by atoms with Crippen molar-refractivity contribution in [3.8, 4) is 0 Å². The van der Waals surface area contributed by atoms with Crippen LogP contribution >= 0.6 is 0 Å². The third kappa shape index (κ3) is 4.72. The molecule has 0 bridgehead atoms. The second-order valence-corrected chi connectivity index (χ2v) is 4.58. The monoisotopic (exact) mass is 300 g/mol. The van der Waals surface area contributed by atoms with Crippen LogP contribution in [0.15, 0.2) is 23.1 Å². The van der Waals surface area contributed by atoms with Crippen molar-refractivity contribution in [3.05, 3.63) is 29.3 Å². The van der Waals surface area contributed by atoms with Crippen LogP contribution in [0.4, 0.5) is 26.3 Å². The number of alkyl halides is 6. The molecule has 0 atom stereocenters. The van der Waals surface area contributed by atoms with Crippen LogP contribution in [-0.2, 0) is 22.5 Å². The first kappa shape index (κ1) is 18.3. The van der Waals surface area contributed by atoms with Crippen LogP contribution in [0.25, 0.3) is 0 Å². The summed E-state index contributed by atoms with van der Waals surface area (Å²) in [7, 11) is -5.42. The molecule has 1 aromatic rings. The fourth-order valence-corrected chi connectivity index (χ4v) is 1.61. The summed E-state index contributed by atoms with van der Waals surface area (Å²) in [6, 6.07) is -0.552. The van der Waals surface area contributed by atoms with Crippen molar-refractivity contribution in [3.63, 3.8) is 0 Å². The number of hydrogen-bond acceptors (Lipinski definition) is 3. The molecule has 0 spiro atoms. The molecule has 0 radical (unpaired) electrons. The molecule has 0 aliphatic heterocycles. The topological polar surface area (TPSA) is 57.2 Å². The Morgan fingerprint density at radius 1 is 0.842 bits per heavy atom. The average molecular weight is 300 g/mol. The number of benzene rings is 1. The van der Waals surface area contributed by atoms with E-state index in [1.807, 2.05) is 0 Å². The molecule has 0 aromatic heterocycles. The zero-order chi connectivity index (χ0) is 14.4. The minimum atomic E-state index is -5.42. The van der Waals surface area contributed by atoms with Crippen LogP contribution in [0.5, 0.6) is 0 Å². The van der Waals surface area contributed by atoms with Gasteiger partial charge in [-0.15, -0.1) is 0 Å². The molecule has 1 rings (SSSR count). The Balaban J connectivity index is 0.00000324. The SMILES string of the molecule is O=S(=O)([O-])c1cc(C(F)(F)F)cc(C(F)(F)F)c1.[Li+]. The van der Waals surface area contributed by atoms with Gasteiger partial charge in [0.2, 0.25) is 0 Å². The van der Waals surface area contributed by atoms with E-state index in [0.717, 1.165) is 0 Å². The van der Waals surface area contributed by atoms with Crippen LogP contribution in [-0.4, -0.2) is 13.0 Å². The van der Waals surface area contributed by atoms with Gasteiger partial charge in [0, 0.05) is 0 Å². The molecule has 0 aliphatic rings. The fraction of sp³-hybridized carbons (Fsp3) is 0.250. The zero-order valence-corrected chi connectivity index (χ0v) is 9.95. The third-order valence-corrected chi connectivity index (χ3v) is 2.66. The molecule has 19 heavy (non-hydrogen) atoms. The van der Waals surface area contributed by atoms with E-state index in [-0.39, 0.29) is 37.1 Å². The van der Waals surface area contributed by atoms with Crippen LogP contribution in [0.2, 0.25) is 0 Å². The quantitative estimate of drug-likeness (QED) is 0.404. The smallest absolute Gasteiger partial charge is 0.744 e. The van der Waals surface area contributed by atoms with E-state index in [1.165, 1.54) is 0 Å². The van der Waals surface area contributed by atoms with E-state index in [1.54, 1.807) is 0 Å². The van der Waals surface area contributed by atoms with Gasteiger partial charge in [-0.05, 0) is 18.2 Å². The first-order chi connectivity index (χ1) is 7.82. The molecule has 3 nitrogen and oxygen atoms in total.